The summed E-state index contributed by atoms with van der Waals surface area (Å²) in [5.41, 5.74) is 6.71. The van der Waals surface area contributed by atoms with Gasteiger partial charge >= 0.3 is 0 Å². The third-order valence-electron chi connectivity index (χ3n) is 3.18. The average Bonchev–Trinajstić information content (AvgIpc) is 2.94. The Morgan fingerprint density at radius 3 is 2.90 bits per heavy atom. The predicted octanol–water partition coefficient (Wildman–Crippen LogP) is 1.78. The number of hydrogen-bond donors (Lipinski definition) is 1. The van der Waals surface area contributed by atoms with Gasteiger partial charge in [0.15, 0.2) is 5.82 Å². The van der Waals surface area contributed by atoms with Crippen molar-refractivity contribution < 1.29 is 9.47 Å². The molecule has 0 aliphatic rings. The van der Waals surface area contributed by atoms with Gasteiger partial charge < -0.3 is 15.2 Å². The topological polar surface area (TPSA) is 75.2 Å². The number of nitrogens with two attached hydrogens (primary N) is 1. The lowest BCUT2D eigenvalue weighted by Gasteiger charge is -2.12. The molecule has 21 heavy (non-hydrogen) atoms. The molecule has 0 spiro atoms. The van der Waals surface area contributed by atoms with Gasteiger partial charge in [-0.15, -0.1) is 0 Å². The molecule has 0 unspecified atom stereocenters. The number of benzene rings is 1. The van der Waals surface area contributed by atoms with Crippen molar-refractivity contribution in [1.82, 2.24) is 14.8 Å². The molecule has 0 atom stereocenters. The highest BCUT2D eigenvalue weighted by Crippen LogP contribution is 2.25. The molecule has 0 aliphatic heterocycles. The van der Waals surface area contributed by atoms with Gasteiger partial charge in [0, 0.05) is 12.6 Å². The summed E-state index contributed by atoms with van der Waals surface area (Å²) in [6, 6.07) is 5.78. The molecule has 0 radical (unpaired) electrons. The zero-order valence-electron chi connectivity index (χ0n) is 12.6. The van der Waals surface area contributed by atoms with Crippen molar-refractivity contribution >= 4 is 0 Å². The van der Waals surface area contributed by atoms with E-state index in [1.54, 1.807) is 13.4 Å². The van der Waals surface area contributed by atoms with E-state index >= 15 is 0 Å². The van der Waals surface area contributed by atoms with Crippen LogP contribution < -0.4 is 15.2 Å². The van der Waals surface area contributed by atoms with Gasteiger partial charge in [0.05, 0.1) is 7.11 Å². The van der Waals surface area contributed by atoms with Crippen LogP contribution in [0.1, 0.15) is 24.7 Å². The quantitative estimate of drug-likeness (QED) is 0.802. The number of aryl methyl sites for hydroxylation is 1. The van der Waals surface area contributed by atoms with Crippen LogP contribution in [0.3, 0.4) is 0 Å². The Labute approximate surface area is 124 Å². The van der Waals surface area contributed by atoms with E-state index in [0.29, 0.717) is 13.2 Å². The first kappa shape index (κ1) is 15.3. The molecule has 6 nitrogen and oxygen atoms in total. The number of rotatable bonds is 8. The number of hydrogen-bond acceptors (Lipinski definition) is 5. The molecule has 0 saturated carbocycles. The lowest BCUT2D eigenvalue weighted by Crippen LogP contribution is -2.10. The number of methoxy groups -OCH3 is 1. The van der Waals surface area contributed by atoms with Crippen molar-refractivity contribution in [2.24, 2.45) is 5.73 Å². The lowest BCUT2D eigenvalue weighted by atomic mass is 10.1. The fourth-order valence-electron chi connectivity index (χ4n) is 2.10. The van der Waals surface area contributed by atoms with E-state index < -0.39 is 0 Å². The highest BCUT2D eigenvalue weighted by Gasteiger charge is 2.09. The molecule has 1 aromatic carbocycles. The summed E-state index contributed by atoms with van der Waals surface area (Å²) in [5.74, 6) is 2.37. The molecule has 2 rings (SSSR count). The standard InChI is InChI=1S/C15H22N4O2/c1-3-8-19-15(17-11-18-19)10-21-14-9-13(20-2)5-4-12(14)6-7-16/h4-5,9,11H,3,6-8,10,16H2,1-2H3. The van der Waals surface area contributed by atoms with E-state index in [1.165, 1.54) is 0 Å². The molecule has 1 aromatic heterocycles. The maximum Gasteiger partial charge on any atom is 0.164 e. The smallest absolute Gasteiger partial charge is 0.164 e. The minimum Gasteiger partial charge on any atom is -0.497 e. The molecule has 1 heterocycles. The summed E-state index contributed by atoms with van der Waals surface area (Å²) in [6.07, 6.45) is 3.33. The van der Waals surface area contributed by atoms with E-state index in [0.717, 1.165) is 42.3 Å². The highest BCUT2D eigenvalue weighted by molar-refractivity contribution is 5.41. The Kier molecular flexibility index (Phi) is 5.57. The molecular formula is C15H22N4O2. The fraction of sp³-hybridized carbons (Fsp3) is 0.467. The molecule has 2 aromatic rings. The normalized spacial score (nSPS) is 10.6. The second-order valence-electron chi connectivity index (χ2n) is 4.70. The summed E-state index contributed by atoms with van der Waals surface area (Å²) in [4.78, 5) is 4.24. The third kappa shape index (κ3) is 3.95. The summed E-state index contributed by atoms with van der Waals surface area (Å²) < 4.78 is 13.0. The Hall–Kier alpha value is -2.08. The van der Waals surface area contributed by atoms with Crippen molar-refractivity contribution in [3.8, 4) is 11.5 Å². The van der Waals surface area contributed by atoms with Crippen molar-refractivity contribution in [3.63, 3.8) is 0 Å². The van der Waals surface area contributed by atoms with E-state index in [1.807, 2.05) is 22.9 Å². The zero-order valence-corrected chi connectivity index (χ0v) is 12.6. The fourth-order valence-corrected chi connectivity index (χ4v) is 2.10. The Morgan fingerprint density at radius 2 is 2.19 bits per heavy atom. The van der Waals surface area contributed by atoms with E-state index in [9.17, 15) is 0 Å². The van der Waals surface area contributed by atoms with Crippen LogP contribution in [0.2, 0.25) is 0 Å². The van der Waals surface area contributed by atoms with Crippen LogP contribution in [0.15, 0.2) is 24.5 Å². The summed E-state index contributed by atoms with van der Waals surface area (Å²) in [7, 11) is 1.64. The van der Waals surface area contributed by atoms with Crippen LogP contribution in [-0.4, -0.2) is 28.4 Å². The zero-order chi connectivity index (χ0) is 15.1. The van der Waals surface area contributed by atoms with Crippen LogP contribution in [0, 0.1) is 0 Å². The number of aromatic nitrogens is 3. The lowest BCUT2D eigenvalue weighted by molar-refractivity contribution is 0.281. The van der Waals surface area contributed by atoms with Crippen LogP contribution in [0.5, 0.6) is 11.5 Å². The molecular weight excluding hydrogens is 268 g/mol. The molecule has 0 fully saturated rings. The van der Waals surface area contributed by atoms with E-state index in [2.05, 4.69) is 17.0 Å². The second kappa shape index (κ2) is 7.64. The minimum absolute atomic E-state index is 0.380. The van der Waals surface area contributed by atoms with Crippen LogP contribution in [-0.2, 0) is 19.6 Å². The third-order valence-corrected chi connectivity index (χ3v) is 3.18. The predicted molar refractivity (Wildman–Crippen MR) is 80.4 cm³/mol. The van der Waals surface area contributed by atoms with Crippen molar-refractivity contribution in [2.75, 3.05) is 13.7 Å². The SMILES string of the molecule is CCCn1ncnc1COc1cc(OC)ccc1CCN. The molecule has 0 aliphatic carbocycles. The molecule has 0 amide bonds. The van der Waals surface area contributed by atoms with Crippen molar-refractivity contribution in [2.45, 2.75) is 32.9 Å². The monoisotopic (exact) mass is 290 g/mol. The summed E-state index contributed by atoms with van der Waals surface area (Å²) in [6.45, 7) is 3.90. The largest absolute Gasteiger partial charge is 0.497 e. The first-order valence-electron chi connectivity index (χ1n) is 7.15. The highest BCUT2D eigenvalue weighted by atomic mass is 16.5. The van der Waals surface area contributed by atoms with Crippen molar-refractivity contribution in [1.29, 1.82) is 0 Å². The van der Waals surface area contributed by atoms with Gasteiger partial charge in [-0.2, -0.15) is 5.10 Å². The van der Waals surface area contributed by atoms with Gasteiger partial charge in [0.2, 0.25) is 0 Å². The Morgan fingerprint density at radius 1 is 1.33 bits per heavy atom. The van der Waals surface area contributed by atoms with Gasteiger partial charge in [-0.1, -0.05) is 13.0 Å². The van der Waals surface area contributed by atoms with Crippen LogP contribution in [0.4, 0.5) is 0 Å². The van der Waals surface area contributed by atoms with E-state index in [-0.39, 0.29) is 0 Å². The van der Waals surface area contributed by atoms with Gasteiger partial charge in [0.25, 0.3) is 0 Å². The molecule has 2 N–H and O–H groups in total. The average molecular weight is 290 g/mol. The number of ether oxygens (including phenoxy) is 2. The maximum absolute atomic E-state index is 5.90. The molecule has 0 bridgehead atoms. The molecule has 114 valence electrons. The van der Waals surface area contributed by atoms with Crippen LogP contribution >= 0.6 is 0 Å². The van der Waals surface area contributed by atoms with Gasteiger partial charge in [0.1, 0.15) is 24.4 Å². The Balaban J connectivity index is 2.12. The minimum atomic E-state index is 0.380. The van der Waals surface area contributed by atoms with Gasteiger partial charge in [-0.25, -0.2) is 9.67 Å². The maximum atomic E-state index is 5.90. The van der Waals surface area contributed by atoms with E-state index in [4.69, 9.17) is 15.2 Å². The first-order valence-corrected chi connectivity index (χ1v) is 7.15. The molecule has 0 saturated heterocycles. The second-order valence-corrected chi connectivity index (χ2v) is 4.70. The van der Waals surface area contributed by atoms with Crippen molar-refractivity contribution in [3.05, 3.63) is 35.9 Å². The summed E-state index contributed by atoms with van der Waals surface area (Å²) >= 11 is 0. The number of nitrogens with zero attached hydrogens (tertiary/aromatic N) is 3. The first-order chi connectivity index (χ1) is 10.3. The van der Waals surface area contributed by atoms with Crippen LogP contribution in [0.25, 0.3) is 0 Å². The summed E-state index contributed by atoms with van der Waals surface area (Å²) in [5, 5.41) is 4.19. The van der Waals surface area contributed by atoms with Gasteiger partial charge in [-0.05, 0) is 31.0 Å². The molecule has 6 heteroatoms. The van der Waals surface area contributed by atoms with Gasteiger partial charge in [-0.3, -0.25) is 0 Å². The Bertz CT molecular complexity index is 569.